The first kappa shape index (κ1) is 14.1. The molecule has 3 saturated carbocycles. The fourth-order valence-electron chi connectivity index (χ4n) is 5.61. The molecule has 0 saturated heterocycles. The van der Waals surface area contributed by atoms with Gasteiger partial charge in [-0.3, -0.25) is 0 Å². The second-order valence-electron chi connectivity index (χ2n) is 7.34. The van der Waals surface area contributed by atoms with Crippen LogP contribution in [0.5, 0.6) is 5.75 Å². The van der Waals surface area contributed by atoms with Crippen molar-refractivity contribution in [1.82, 2.24) is 0 Å². The highest BCUT2D eigenvalue weighted by Crippen LogP contribution is 2.72. The topological polar surface area (TPSA) is 35.2 Å². The van der Waals surface area contributed by atoms with Crippen molar-refractivity contribution in [2.45, 2.75) is 39.2 Å². The lowest BCUT2D eigenvalue weighted by molar-refractivity contribution is 0.380. The molecule has 4 rings (SSSR count). The molecule has 3 fully saturated rings. The lowest BCUT2D eigenvalue weighted by Gasteiger charge is -2.23. The molecule has 0 spiro atoms. The Bertz CT molecular complexity index is 583. The van der Waals surface area contributed by atoms with Gasteiger partial charge in [0.05, 0.1) is 7.11 Å². The number of rotatable bonds is 3. The zero-order chi connectivity index (χ0) is 14.9. The van der Waals surface area contributed by atoms with E-state index in [0.717, 1.165) is 33.9 Å². The summed E-state index contributed by atoms with van der Waals surface area (Å²) in [7, 11) is 1.77. The molecule has 1 aromatic carbocycles. The summed E-state index contributed by atoms with van der Waals surface area (Å²) in [6, 6.07) is 2.27. The molecule has 3 heteroatoms. The van der Waals surface area contributed by atoms with E-state index < -0.39 is 0 Å². The van der Waals surface area contributed by atoms with E-state index in [-0.39, 0.29) is 6.04 Å². The van der Waals surface area contributed by atoms with Crippen molar-refractivity contribution in [1.29, 1.82) is 0 Å². The molecule has 5 unspecified atom stereocenters. The average molecular weight is 350 g/mol. The van der Waals surface area contributed by atoms with Crippen molar-refractivity contribution in [3.8, 4) is 5.75 Å². The van der Waals surface area contributed by atoms with E-state index in [0.29, 0.717) is 5.92 Å². The molecule has 1 aromatic rings. The average Bonchev–Trinajstić information content (AvgIpc) is 2.89. The molecule has 114 valence electrons. The van der Waals surface area contributed by atoms with E-state index in [4.69, 9.17) is 10.5 Å². The zero-order valence-corrected chi connectivity index (χ0v) is 14.6. The fraction of sp³-hybridized carbons (Fsp3) is 0.667. The minimum absolute atomic E-state index is 0.134. The minimum Gasteiger partial charge on any atom is -0.496 e. The minimum atomic E-state index is 0.134. The van der Waals surface area contributed by atoms with Gasteiger partial charge in [-0.2, -0.15) is 0 Å². The van der Waals surface area contributed by atoms with Gasteiger partial charge in [0, 0.05) is 16.1 Å². The summed E-state index contributed by atoms with van der Waals surface area (Å²) >= 11 is 3.68. The molecule has 0 heterocycles. The van der Waals surface area contributed by atoms with Crippen molar-refractivity contribution in [2.24, 2.45) is 35.3 Å². The maximum Gasteiger partial charge on any atom is 0.126 e. The van der Waals surface area contributed by atoms with Gasteiger partial charge in [-0.05, 0) is 79.9 Å². The molecule has 2 nitrogen and oxygen atoms in total. The number of fused-ring (bicyclic) bond motifs is 5. The predicted octanol–water partition coefficient (Wildman–Crippen LogP) is 4.37. The second-order valence-corrected chi connectivity index (χ2v) is 8.19. The van der Waals surface area contributed by atoms with Crippen molar-refractivity contribution in [3.63, 3.8) is 0 Å². The Morgan fingerprint density at radius 3 is 2.43 bits per heavy atom. The first-order valence-corrected chi connectivity index (χ1v) is 8.93. The number of halogens is 1. The van der Waals surface area contributed by atoms with E-state index >= 15 is 0 Å². The van der Waals surface area contributed by atoms with Crippen LogP contribution in [0.2, 0.25) is 0 Å². The van der Waals surface area contributed by atoms with E-state index in [1.807, 2.05) is 0 Å². The molecule has 0 aliphatic heterocycles. The lowest BCUT2D eigenvalue weighted by Crippen LogP contribution is -2.20. The van der Waals surface area contributed by atoms with E-state index in [1.54, 1.807) is 7.11 Å². The summed E-state index contributed by atoms with van der Waals surface area (Å²) in [5, 5.41) is 0. The Morgan fingerprint density at radius 2 is 1.86 bits per heavy atom. The van der Waals surface area contributed by atoms with Crippen LogP contribution in [0.4, 0.5) is 0 Å². The van der Waals surface area contributed by atoms with Crippen LogP contribution < -0.4 is 10.5 Å². The maximum absolute atomic E-state index is 6.76. The summed E-state index contributed by atoms with van der Waals surface area (Å²) in [5.41, 5.74) is 10.4. The van der Waals surface area contributed by atoms with Crippen LogP contribution in [-0.4, -0.2) is 7.11 Å². The Labute approximate surface area is 135 Å². The molecular weight excluding hydrogens is 326 g/mol. The number of hydrogen-bond acceptors (Lipinski definition) is 2. The van der Waals surface area contributed by atoms with Gasteiger partial charge in [0.2, 0.25) is 0 Å². The van der Waals surface area contributed by atoms with Crippen molar-refractivity contribution < 1.29 is 4.74 Å². The first-order chi connectivity index (χ1) is 10.0. The van der Waals surface area contributed by atoms with Crippen LogP contribution in [-0.2, 0) is 0 Å². The number of methoxy groups -OCH3 is 1. The van der Waals surface area contributed by atoms with Crippen molar-refractivity contribution in [2.75, 3.05) is 7.11 Å². The van der Waals surface area contributed by atoms with Gasteiger partial charge >= 0.3 is 0 Å². The standard InChI is InChI=1S/C18H24BrNO/c1-8-6-12(19)9(2)13(18(8)21-3)17(20)16-14-10-4-5-11(7-10)15(14)16/h6,10-11,14-17H,4-5,7,20H2,1-3H3. The third kappa shape index (κ3) is 1.86. The molecule has 0 radical (unpaired) electrons. The Balaban J connectivity index is 1.71. The quantitative estimate of drug-likeness (QED) is 0.879. The number of benzene rings is 1. The van der Waals surface area contributed by atoms with Crippen LogP contribution in [0.25, 0.3) is 0 Å². The molecule has 21 heavy (non-hydrogen) atoms. The van der Waals surface area contributed by atoms with Crippen LogP contribution in [0.1, 0.15) is 42.0 Å². The van der Waals surface area contributed by atoms with E-state index in [2.05, 4.69) is 35.8 Å². The molecule has 0 aromatic heterocycles. The van der Waals surface area contributed by atoms with Crippen LogP contribution in [0.15, 0.2) is 10.5 Å². The second kappa shape index (κ2) is 4.73. The normalized spacial score (nSPS) is 37.5. The van der Waals surface area contributed by atoms with Gasteiger partial charge in [0.1, 0.15) is 5.75 Å². The van der Waals surface area contributed by atoms with Gasteiger partial charge < -0.3 is 10.5 Å². The molecule has 3 aliphatic carbocycles. The lowest BCUT2D eigenvalue weighted by atomic mass is 9.89. The third-order valence-corrected chi connectivity index (χ3v) is 7.28. The fourth-order valence-corrected chi connectivity index (χ4v) is 6.17. The number of nitrogens with two attached hydrogens (primary N) is 1. The third-order valence-electron chi connectivity index (χ3n) is 6.46. The Kier molecular flexibility index (Phi) is 3.17. The molecule has 2 bridgehead atoms. The predicted molar refractivity (Wildman–Crippen MR) is 88.4 cm³/mol. The van der Waals surface area contributed by atoms with E-state index in [1.165, 1.54) is 36.0 Å². The van der Waals surface area contributed by atoms with Crippen molar-refractivity contribution in [3.05, 3.63) is 27.2 Å². The number of aryl methyl sites for hydroxylation is 1. The molecule has 2 N–H and O–H groups in total. The molecule has 5 atom stereocenters. The first-order valence-electron chi connectivity index (χ1n) is 8.13. The summed E-state index contributed by atoms with van der Waals surface area (Å²) < 4.78 is 6.85. The van der Waals surface area contributed by atoms with Gasteiger partial charge in [-0.15, -0.1) is 0 Å². The largest absolute Gasteiger partial charge is 0.496 e. The molecule has 3 aliphatic rings. The highest BCUT2D eigenvalue weighted by atomic mass is 79.9. The van der Waals surface area contributed by atoms with Crippen molar-refractivity contribution >= 4 is 15.9 Å². The number of ether oxygens (including phenoxy) is 1. The monoisotopic (exact) mass is 349 g/mol. The van der Waals surface area contributed by atoms with Gasteiger partial charge in [0.25, 0.3) is 0 Å². The highest BCUT2D eigenvalue weighted by Gasteiger charge is 2.66. The summed E-state index contributed by atoms with van der Waals surface area (Å²) in [6.45, 7) is 4.27. The smallest absolute Gasteiger partial charge is 0.126 e. The molecule has 0 amide bonds. The summed E-state index contributed by atoms with van der Waals surface area (Å²) in [5.74, 6) is 5.44. The van der Waals surface area contributed by atoms with E-state index in [9.17, 15) is 0 Å². The van der Waals surface area contributed by atoms with Crippen LogP contribution >= 0.6 is 15.9 Å². The summed E-state index contributed by atoms with van der Waals surface area (Å²) in [6.07, 6.45) is 4.37. The van der Waals surface area contributed by atoms with Gasteiger partial charge in [-0.1, -0.05) is 15.9 Å². The van der Waals surface area contributed by atoms with Gasteiger partial charge in [0.15, 0.2) is 0 Å². The number of hydrogen-bond donors (Lipinski definition) is 1. The Hall–Kier alpha value is -0.540. The molecular formula is C18H24BrNO. The summed E-state index contributed by atoms with van der Waals surface area (Å²) in [4.78, 5) is 0. The Morgan fingerprint density at radius 1 is 1.24 bits per heavy atom. The highest BCUT2D eigenvalue weighted by molar-refractivity contribution is 9.10. The zero-order valence-electron chi connectivity index (χ0n) is 13.0. The SMILES string of the molecule is COc1c(C)cc(Br)c(C)c1C(N)C1C2C3CCC(C3)C21. The maximum atomic E-state index is 6.76. The van der Waals surface area contributed by atoms with Gasteiger partial charge in [-0.25, -0.2) is 0 Å². The van der Waals surface area contributed by atoms with Crippen LogP contribution in [0.3, 0.4) is 0 Å². The van der Waals surface area contributed by atoms with Crippen LogP contribution in [0, 0.1) is 43.4 Å².